The van der Waals surface area contributed by atoms with Gasteiger partial charge in [0, 0.05) is 47.0 Å². The number of nitrogens with one attached hydrogen (secondary N) is 1. The molecule has 4 aromatic rings. The van der Waals surface area contributed by atoms with Gasteiger partial charge in [-0.1, -0.05) is 29.5 Å². The van der Waals surface area contributed by atoms with Crippen LogP contribution in [-0.2, 0) is 6.61 Å². The van der Waals surface area contributed by atoms with E-state index in [9.17, 15) is 0 Å². The molecule has 0 radical (unpaired) electrons. The van der Waals surface area contributed by atoms with Gasteiger partial charge in [-0.05, 0) is 61.9 Å². The summed E-state index contributed by atoms with van der Waals surface area (Å²) in [5.74, 6) is 9.12. The lowest BCUT2D eigenvalue weighted by atomic mass is 9.74. The molecule has 2 aromatic heterocycles. The van der Waals surface area contributed by atoms with Crippen molar-refractivity contribution in [3.63, 3.8) is 0 Å². The quantitative estimate of drug-likeness (QED) is 0.300. The van der Waals surface area contributed by atoms with Gasteiger partial charge in [0.15, 0.2) is 0 Å². The lowest BCUT2D eigenvalue weighted by molar-refractivity contribution is 0.224. The average molecular weight is 497 g/mol. The smallest absolute Gasteiger partial charge is 0.141 e. The number of benzene rings is 2. The van der Waals surface area contributed by atoms with Crippen LogP contribution in [-0.4, -0.2) is 39.5 Å². The maximum atomic E-state index is 6.48. The summed E-state index contributed by atoms with van der Waals surface area (Å²) in [5.41, 5.74) is 10.2. The zero-order valence-electron chi connectivity index (χ0n) is 19.8. The van der Waals surface area contributed by atoms with E-state index in [0.29, 0.717) is 46.8 Å². The molecule has 8 heteroatoms. The molecule has 7 rings (SSSR count). The number of anilines is 3. The minimum Gasteiger partial charge on any atom is -0.486 e. The van der Waals surface area contributed by atoms with Gasteiger partial charge in [0.2, 0.25) is 0 Å². The minimum atomic E-state index is 0.340. The van der Waals surface area contributed by atoms with E-state index in [4.69, 9.17) is 22.1 Å². The van der Waals surface area contributed by atoms with Crippen molar-refractivity contribution < 1.29 is 4.74 Å². The molecule has 1 saturated carbocycles. The molecule has 0 amide bonds. The summed E-state index contributed by atoms with van der Waals surface area (Å²) in [5, 5.41) is 4.63. The van der Waals surface area contributed by atoms with Crippen LogP contribution in [0.5, 0.6) is 5.75 Å². The highest BCUT2D eigenvalue weighted by Crippen LogP contribution is 2.45. The maximum Gasteiger partial charge on any atom is 0.141 e. The van der Waals surface area contributed by atoms with Crippen LogP contribution in [0.2, 0.25) is 5.02 Å². The molecule has 4 heterocycles. The molecule has 3 unspecified atom stereocenters. The first-order valence-electron chi connectivity index (χ1n) is 11.9. The minimum absolute atomic E-state index is 0.340. The number of ether oxygens (including phenoxy) is 1. The normalized spacial score (nSPS) is 20.4. The molecule has 3 fully saturated rings. The predicted molar refractivity (Wildman–Crippen MR) is 142 cm³/mol. The van der Waals surface area contributed by atoms with Crippen LogP contribution < -0.4 is 15.8 Å². The van der Waals surface area contributed by atoms with Crippen molar-refractivity contribution in [3.8, 4) is 17.6 Å². The van der Waals surface area contributed by atoms with Gasteiger partial charge in [-0.15, -0.1) is 0 Å². The lowest BCUT2D eigenvalue weighted by Gasteiger charge is -2.31. The largest absolute Gasteiger partial charge is 0.486 e. The van der Waals surface area contributed by atoms with Gasteiger partial charge >= 0.3 is 0 Å². The molecule has 3 aliphatic rings. The number of hydrogen-bond donors (Lipinski definition) is 2. The van der Waals surface area contributed by atoms with Crippen LogP contribution in [0.4, 0.5) is 17.2 Å². The summed E-state index contributed by atoms with van der Waals surface area (Å²) in [6.45, 7) is 1.48. The Balaban J connectivity index is 1.20. The zero-order chi connectivity index (χ0) is 24.6. The number of fused-ring (bicyclic) bond motifs is 2. The van der Waals surface area contributed by atoms with Crippen LogP contribution in [0.15, 0.2) is 61.1 Å². The molecule has 2 aliphatic heterocycles. The number of aromatic nitrogens is 3. The summed E-state index contributed by atoms with van der Waals surface area (Å²) in [4.78, 5) is 15.6. The van der Waals surface area contributed by atoms with E-state index in [1.54, 1.807) is 12.3 Å². The second-order valence-electron chi connectivity index (χ2n) is 9.36. The fourth-order valence-corrected chi connectivity index (χ4v) is 5.27. The van der Waals surface area contributed by atoms with E-state index in [2.05, 4.69) is 44.1 Å². The SMILES string of the molecule is CN1CC2CC1C2C#Cc1cc2ncnc(Nc3ccc(OCc4ccccn4)c(Cl)c3)c2cc1N. The Hall–Kier alpha value is -3.86. The predicted octanol–water partition coefficient (Wildman–Crippen LogP) is 4.88. The Labute approximate surface area is 214 Å². The molecular weight excluding hydrogens is 472 g/mol. The number of nitrogen functional groups attached to an aromatic ring is 1. The number of hydrogen-bond acceptors (Lipinski definition) is 7. The van der Waals surface area contributed by atoms with Crippen molar-refractivity contribution in [2.45, 2.75) is 19.1 Å². The Bertz CT molecular complexity index is 1500. The van der Waals surface area contributed by atoms with Gasteiger partial charge in [0.1, 0.15) is 24.5 Å². The molecule has 3 N–H and O–H groups in total. The molecule has 7 nitrogen and oxygen atoms in total. The zero-order valence-corrected chi connectivity index (χ0v) is 20.5. The molecule has 36 heavy (non-hydrogen) atoms. The lowest BCUT2D eigenvalue weighted by Crippen LogP contribution is -2.36. The Kier molecular flexibility index (Phi) is 5.84. The number of nitrogens with zero attached hydrogens (tertiary/aromatic N) is 4. The van der Waals surface area contributed by atoms with Crippen LogP contribution in [0, 0.1) is 23.7 Å². The molecule has 3 atom stereocenters. The van der Waals surface area contributed by atoms with E-state index in [1.165, 1.54) is 12.7 Å². The fraction of sp³-hybridized carbons (Fsp3) is 0.250. The first-order chi connectivity index (χ1) is 17.5. The van der Waals surface area contributed by atoms with E-state index in [0.717, 1.165) is 34.4 Å². The maximum absolute atomic E-state index is 6.48. The second-order valence-corrected chi connectivity index (χ2v) is 9.76. The number of nitrogens with two attached hydrogens (primary N) is 1. The molecule has 2 bridgehead atoms. The molecule has 1 aliphatic carbocycles. The highest BCUT2D eigenvalue weighted by molar-refractivity contribution is 6.32. The number of halogens is 1. The van der Waals surface area contributed by atoms with Crippen molar-refractivity contribution in [1.29, 1.82) is 0 Å². The highest BCUT2D eigenvalue weighted by atomic mass is 35.5. The van der Waals surface area contributed by atoms with Crippen molar-refractivity contribution in [2.75, 3.05) is 24.6 Å². The summed E-state index contributed by atoms with van der Waals surface area (Å²) >= 11 is 6.48. The Morgan fingerprint density at radius 2 is 2.08 bits per heavy atom. The summed E-state index contributed by atoms with van der Waals surface area (Å²) in [6.07, 6.45) is 4.52. The van der Waals surface area contributed by atoms with Gasteiger partial charge in [0.05, 0.1) is 16.2 Å². The fourth-order valence-electron chi connectivity index (χ4n) is 5.04. The molecule has 180 valence electrons. The standard InChI is InChI=1S/C28H25ClN6O/c1-35-14-18-11-26(35)21(18)7-5-17-10-25-22(13-24(17)30)28(33-16-32-25)34-19-6-8-27(23(29)12-19)36-15-20-4-2-3-9-31-20/h2-4,6,8-10,12-13,16,18,21,26H,11,14-15,30H2,1H3,(H,32,33,34). The first-order valence-corrected chi connectivity index (χ1v) is 12.3. The van der Waals surface area contributed by atoms with E-state index < -0.39 is 0 Å². The topological polar surface area (TPSA) is 89.2 Å². The van der Waals surface area contributed by atoms with E-state index in [1.807, 2.05) is 42.5 Å². The van der Waals surface area contributed by atoms with Crippen LogP contribution in [0.25, 0.3) is 10.9 Å². The summed E-state index contributed by atoms with van der Waals surface area (Å²) in [6, 6.07) is 15.6. The van der Waals surface area contributed by atoms with Crippen molar-refractivity contribution in [1.82, 2.24) is 19.9 Å². The molecule has 0 spiro atoms. The molecule has 2 aromatic carbocycles. The van der Waals surface area contributed by atoms with Crippen molar-refractivity contribution in [2.24, 2.45) is 11.8 Å². The van der Waals surface area contributed by atoms with Gasteiger partial charge in [-0.3, -0.25) is 4.98 Å². The van der Waals surface area contributed by atoms with Gasteiger partial charge in [-0.25, -0.2) is 9.97 Å². The highest BCUT2D eigenvalue weighted by Gasteiger charge is 2.49. The third-order valence-electron chi connectivity index (χ3n) is 7.03. The molecular formula is C28H25ClN6O. The number of pyridine rings is 1. The first kappa shape index (κ1) is 22.6. The molecule has 2 saturated heterocycles. The Morgan fingerprint density at radius 1 is 1.17 bits per heavy atom. The van der Waals surface area contributed by atoms with Crippen LogP contribution in [0.1, 0.15) is 17.7 Å². The average Bonchev–Trinajstić information content (AvgIpc) is 3.41. The third kappa shape index (κ3) is 4.30. The second kappa shape index (κ2) is 9.30. The van der Waals surface area contributed by atoms with E-state index >= 15 is 0 Å². The Morgan fingerprint density at radius 3 is 2.83 bits per heavy atom. The van der Waals surface area contributed by atoms with Gasteiger partial charge < -0.3 is 20.7 Å². The monoisotopic (exact) mass is 496 g/mol. The number of rotatable bonds is 5. The summed E-state index contributed by atoms with van der Waals surface area (Å²) < 4.78 is 5.82. The van der Waals surface area contributed by atoms with Crippen LogP contribution in [0.3, 0.4) is 0 Å². The van der Waals surface area contributed by atoms with Gasteiger partial charge in [-0.2, -0.15) is 0 Å². The van der Waals surface area contributed by atoms with Crippen molar-refractivity contribution >= 4 is 39.7 Å². The van der Waals surface area contributed by atoms with Gasteiger partial charge in [0.25, 0.3) is 0 Å². The third-order valence-corrected chi connectivity index (χ3v) is 7.33. The van der Waals surface area contributed by atoms with Crippen LogP contribution >= 0.6 is 11.6 Å². The summed E-state index contributed by atoms with van der Waals surface area (Å²) in [7, 11) is 2.18. The van der Waals surface area contributed by atoms with Crippen molar-refractivity contribution in [3.05, 3.63) is 77.3 Å². The van der Waals surface area contributed by atoms with E-state index in [-0.39, 0.29) is 0 Å².